The van der Waals surface area contributed by atoms with Crippen molar-refractivity contribution < 1.29 is 14.3 Å². The van der Waals surface area contributed by atoms with Crippen molar-refractivity contribution in [3.05, 3.63) is 95.6 Å². The summed E-state index contributed by atoms with van der Waals surface area (Å²) in [5.41, 5.74) is 4.30. The van der Waals surface area contributed by atoms with Gasteiger partial charge in [0.15, 0.2) is 0 Å². The summed E-state index contributed by atoms with van der Waals surface area (Å²) in [6.07, 6.45) is 3.25. The van der Waals surface area contributed by atoms with E-state index in [9.17, 15) is 9.59 Å². The fraction of sp³-hybridized carbons (Fsp3) is 0.241. The Kier molecular flexibility index (Phi) is 9.63. The maximum Gasteiger partial charge on any atom is 0.248 e. The topological polar surface area (TPSA) is 70.7 Å². The smallest absolute Gasteiger partial charge is 0.248 e. The van der Waals surface area contributed by atoms with E-state index in [-0.39, 0.29) is 11.8 Å². The molecule has 0 spiro atoms. The second-order valence-corrected chi connectivity index (χ2v) is 8.21. The molecule has 35 heavy (non-hydrogen) atoms. The Bertz CT molecular complexity index is 1140. The second-order valence-electron chi connectivity index (χ2n) is 8.21. The average Bonchev–Trinajstić information content (AvgIpc) is 2.87. The van der Waals surface area contributed by atoms with Gasteiger partial charge in [-0.3, -0.25) is 14.5 Å². The lowest BCUT2D eigenvalue weighted by atomic mass is 10.1. The molecule has 0 fully saturated rings. The van der Waals surface area contributed by atoms with Gasteiger partial charge in [-0.1, -0.05) is 56.3 Å². The Balaban J connectivity index is 1.50. The number of hydrogen-bond donors (Lipinski definition) is 2. The minimum Gasteiger partial charge on any atom is -0.489 e. The molecule has 2 amide bonds. The van der Waals surface area contributed by atoms with E-state index in [1.807, 2.05) is 87.5 Å². The standard InChI is InChI=1S/C29H33N3O3/c1-4-32(5-2)20-29(34)31-27-17-14-25(19-22(27)3)30-28(33)18-13-23-11-15-26(16-12-23)35-21-24-9-7-6-8-10-24/h6-19H,4-5,20-21H2,1-3H3,(H,30,33)(H,31,34)/b18-13+. The molecule has 182 valence electrons. The number of carbonyl (C=O) groups excluding carboxylic acids is 2. The van der Waals surface area contributed by atoms with Gasteiger partial charge in [0.05, 0.1) is 6.54 Å². The van der Waals surface area contributed by atoms with Gasteiger partial charge in [0.25, 0.3) is 0 Å². The van der Waals surface area contributed by atoms with E-state index in [1.165, 1.54) is 6.08 Å². The Morgan fingerprint density at radius 3 is 2.29 bits per heavy atom. The third-order valence-electron chi connectivity index (χ3n) is 5.59. The molecule has 0 saturated carbocycles. The largest absolute Gasteiger partial charge is 0.489 e. The summed E-state index contributed by atoms with van der Waals surface area (Å²) in [5, 5.41) is 5.80. The molecule has 0 radical (unpaired) electrons. The van der Waals surface area contributed by atoms with Crippen LogP contribution in [0.3, 0.4) is 0 Å². The molecule has 0 saturated heterocycles. The van der Waals surface area contributed by atoms with Crippen molar-refractivity contribution >= 4 is 29.3 Å². The van der Waals surface area contributed by atoms with Crippen LogP contribution in [0.25, 0.3) is 6.08 Å². The van der Waals surface area contributed by atoms with E-state index in [2.05, 4.69) is 15.5 Å². The van der Waals surface area contributed by atoms with Crippen molar-refractivity contribution in [3.63, 3.8) is 0 Å². The van der Waals surface area contributed by atoms with Gasteiger partial charge in [-0.15, -0.1) is 0 Å². The summed E-state index contributed by atoms with van der Waals surface area (Å²) < 4.78 is 5.79. The fourth-order valence-corrected chi connectivity index (χ4v) is 3.49. The first-order chi connectivity index (χ1) is 17.0. The molecule has 0 heterocycles. The SMILES string of the molecule is CCN(CC)CC(=O)Nc1ccc(NC(=O)/C=C/c2ccc(OCc3ccccc3)cc2)cc1C. The predicted molar refractivity (Wildman–Crippen MR) is 142 cm³/mol. The van der Waals surface area contributed by atoms with Gasteiger partial charge in [-0.25, -0.2) is 0 Å². The number of benzene rings is 3. The number of anilines is 2. The van der Waals surface area contributed by atoms with Crippen molar-refractivity contribution in [2.24, 2.45) is 0 Å². The second kappa shape index (κ2) is 13.1. The van der Waals surface area contributed by atoms with E-state index < -0.39 is 0 Å². The highest BCUT2D eigenvalue weighted by molar-refractivity contribution is 6.02. The predicted octanol–water partition coefficient (Wildman–Crippen LogP) is 5.51. The number of likely N-dealkylation sites (N-methyl/N-ethyl adjacent to an activating group) is 1. The van der Waals surface area contributed by atoms with Crippen LogP contribution in [0.1, 0.15) is 30.5 Å². The molecule has 0 unspecified atom stereocenters. The van der Waals surface area contributed by atoms with Gasteiger partial charge < -0.3 is 15.4 Å². The molecule has 3 aromatic rings. The molecule has 0 bridgehead atoms. The lowest BCUT2D eigenvalue weighted by Crippen LogP contribution is -2.33. The molecular formula is C29H33N3O3. The first-order valence-electron chi connectivity index (χ1n) is 11.9. The minimum absolute atomic E-state index is 0.0481. The molecule has 6 nitrogen and oxygen atoms in total. The van der Waals surface area contributed by atoms with Gasteiger partial charge in [0.1, 0.15) is 12.4 Å². The van der Waals surface area contributed by atoms with Crippen molar-refractivity contribution in [2.45, 2.75) is 27.4 Å². The Labute approximate surface area is 207 Å². The summed E-state index contributed by atoms with van der Waals surface area (Å²) >= 11 is 0. The highest BCUT2D eigenvalue weighted by atomic mass is 16.5. The summed E-state index contributed by atoms with van der Waals surface area (Å²) in [6.45, 7) is 8.49. The van der Waals surface area contributed by atoms with E-state index >= 15 is 0 Å². The van der Waals surface area contributed by atoms with Gasteiger partial charge >= 0.3 is 0 Å². The zero-order valence-corrected chi connectivity index (χ0v) is 20.6. The number of hydrogen-bond acceptors (Lipinski definition) is 4. The van der Waals surface area contributed by atoms with Crippen molar-refractivity contribution in [2.75, 3.05) is 30.3 Å². The number of nitrogens with zero attached hydrogens (tertiary/aromatic N) is 1. The average molecular weight is 472 g/mol. The number of nitrogens with one attached hydrogen (secondary N) is 2. The van der Waals surface area contributed by atoms with Crippen LogP contribution in [-0.2, 0) is 16.2 Å². The number of carbonyl (C=O) groups is 2. The van der Waals surface area contributed by atoms with Crippen molar-refractivity contribution in [1.29, 1.82) is 0 Å². The van der Waals surface area contributed by atoms with Gasteiger partial charge in [-0.2, -0.15) is 0 Å². The minimum atomic E-state index is -0.230. The molecule has 2 N–H and O–H groups in total. The van der Waals surface area contributed by atoms with E-state index in [0.29, 0.717) is 18.8 Å². The third kappa shape index (κ3) is 8.43. The molecule has 6 heteroatoms. The Morgan fingerprint density at radius 1 is 0.914 bits per heavy atom. The van der Waals surface area contributed by atoms with E-state index in [0.717, 1.165) is 41.2 Å². The molecule has 0 atom stereocenters. The normalized spacial score (nSPS) is 11.0. The van der Waals surface area contributed by atoms with Crippen LogP contribution >= 0.6 is 0 Å². The highest BCUT2D eigenvalue weighted by Crippen LogP contribution is 2.20. The molecule has 0 aromatic heterocycles. The Morgan fingerprint density at radius 2 is 1.63 bits per heavy atom. The lowest BCUT2D eigenvalue weighted by molar-refractivity contribution is -0.117. The lowest BCUT2D eigenvalue weighted by Gasteiger charge is -2.18. The molecule has 3 aromatic carbocycles. The molecule has 3 rings (SSSR count). The van der Waals surface area contributed by atoms with Gasteiger partial charge in [-0.05, 0) is 73.1 Å². The molecule has 0 aliphatic carbocycles. The van der Waals surface area contributed by atoms with Crippen LogP contribution in [0.5, 0.6) is 5.75 Å². The quantitative estimate of drug-likeness (QED) is 0.362. The van der Waals surface area contributed by atoms with Crippen LogP contribution in [-0.4, -0.2) is 36.3 Å². The first kappa shape index (κ1) is 25.7. The van der Waals surface area contributed by atoms with E-state index in [4.69, 9.17) is 4.74 Å². The maximum absolute atomic E-state index is 12.4. The van der Waals surface area contributed by atoms with Crippen LogP contribution in [0.2, 0.25) is 0 Å². The zero-order valence-electron chi connectivity index (χ0n) is 20.6. The number of amides is 2. The van der Waals surface area contributed by atoms with Gasteiger partial charge in [0, 0.05) is 17.5 Å². The van der Waals surface area contributed by atoms with Crippen LogP contribution in [0, 0.1) is 6.92 Å². The molecular weight excluding hydrogens is 438 g/mol. The van der Waals surface area contributed by atoms with Crippen molar-refractivity contribution in [1.82, 2.24) is 4.90 Å². The van der Waals surface area contributed by atoms with Crippen LogP contribution in [0.4, 0.5) is 11.4 Å². The monoisotopic (exact) mass is 471 g/mol. The Hall–Kier alpha value is -3.90. The zero-order chi connectivity index (χ0) is 25.0. The summed E-state index contributed by atoms with van der Waals surface area (Å²) in [5.74, 6) is 0.496. The fourth-order valence-electron chi connectivity index (χ4n) is 3.49. The molecule has 0 aliphatic rings. The van der Waals surface area contributed by atoms with Gasteiger partial charge in [0.2, 0.25) is 11.8 Å². The maximum atomic E-state index is 12.4. The van der Waals surface area contributed by atoms with E-state index in [1.54, 1.807) is 12.1 Å². The third-order valence-corrected chi connectivity index (χ3v) is 5.59. The summed E-state index contributed by atoms with van der Waals surface area (Å²) in [4.78, 5) is 26.7. The van der Waals surface area contributed by atoms with Crippen LogP contribution < -0.4 is 15.4 Å². The number of aryl methyl sites for hydroxylation is 1. The van der Waals surface area contributed by atoms with Crippen LogP contribution in [0.15, 0.2) is 78.9 Å². The van der Waals surface area contributed by atoms with Crippen molar-refractivity contribution in [3.8, 4) is 5.75 Å². The highest BCUT2D eigenvalue weighted by Gasteiger charge is 2.09. The number of ether oxygens (including phenoxy) is 1. The molecule has 0 aliphatic heterocycles. The number of rotatable bonds is 11. The first-order valence-corrected chi connectivity index (χ1v) is 11.9. The summed E-state index contributed by atoms with van der Waals surface area (Å²) in [6, 6.07) is 23.0. The summed E-state index contributed by atoms with van der Waals surface area (Å²) in [7, 11) is 0.